The third-order valence-corrected chi connectivity index (χ3v) is 4.48. The highest BCUT2D eigenvalue weighted by Gasteiger charge is 2.26. The largest absolute Gasteiger partial charge is 0.368 e. The predicted molar refractivity (Wildman–Crippen MR) is 108 cm³/mol. The van der Waals surface area contributed by atoms with E-state index >= 15 is 0 Å². The molecule has 0 fully saturated rings. The number of rotatable bonds is 4. The lowest BCUT2D eigenvalue weighted by molar-refractivity contribution is -0.136. The summed E-state index contributed by atoms with van der Waals surface area (Å²) in [5, 5.41) is 3.94. The lowest BCUT2D eigenvalue weighted by Crippen LogP contribution is -2.09. The topological polar surface area (TPSA) is 41.9 Å². The number of oxime groups is 1. The highest BCUT2D eigenvalue weighted by Crippen LogP contribution is 2.25. The highest BCUT2D eigenvalue weighted by molar-refractivity contribution is 6.31. The summed E-state index contributed by atoms with van der Waals surface area (Å²) in [6, 6.07) is 27.7. The quantitative estimate of drug-likeness (QED) is 0.499. The third-order valence-electron chi connectivity index (χ3n) is 4.48. The molecule has 0 atom stereocenters. The van der Waals surface area contributed by atoms with Crippen molar-refractivity contribution in [3.05, 3.63) is 102 Å². The van der Waals surface area contributed by atoms with Crippen molar-refractivity contribution in [2.24, 2.45) is 5.16 Å². The average molecular weight is 354 g/mol. The van der Waals surface area contributed by atoms with Crippen molar-refractivity contribution in [3.63, 3.8) is 0 Å². The molecular weight excluding hydrogens is 336 g/mol. The number of hydrogen-bond acceptors (Lipinski definition) is 4. The normalized spacial score (nSPS) is 14.8. The van der Waals surface area contributed by atoms with Gasteiger partial charge in [0.15, 0.2) is 0 Å². The fourth-order valence-corrected chi connectivity index (χ4v) is 2.98. The molecule has 132 valence electrons. The molecule has 3 aromatic rings. The fourth-order valence-electron chi connectivity index (χ4n) is 2.98. The van der Waals surface area contributed by atoms with Gasteiger partial charge in [0, 0.05) is 24.0 Å². The van der Waals surface area contributed by atoms with Crippen LogP contribution >= 0.6 is 0 Å². The van der Waals surface area contributed by atoms with E-state index in [0.717, 1.165) is 22.5 Å². The molecule has 4 heteroatoms. The SMILES string of the molecule is CN(c1ccccc1)c1ccc(C=C2C(=O)ON=C2c2ccccc2)cc1. The summed E-state index contributed by atoms with van der Waals surface area (Å²) in [6.45, 7) is 0. The molecular formula is C23H18N2O2. The zero-order chi connectivity index (χ0) is 18.6. The second kappa shape index (κ2) is 7.30. The highest BCUT2D eigenvalue weighted by atomic mass is 16.7. The maximum absolute atomic E-state index is 12.1. The van der Waals surface area contributed by atoms with Gasteiger partial charge in [0.2, 0.25) is 0 Å². The Hall–Kier alpha value is -3.66. The minimum Gasteiger partial charge on any atom is -0.345 e. The van der Waals surface area contributed by atoms with Crippen LogP contribution < -0.4 is 4.90 Å². The van der Waals surface area contributed by atoms with E-state index in [2.05, 4.69) is 22.2 Å². The van der Waals surface area contributed by atoms with E-state index in [1.807, 2.05) is 85.9 Å². The average Bonchev–Trinajstić information content (AvgIpc) is 3.09. The molecule has 27 heavy (non-hydrogen) atoms. The lowest BCUT2D eigenvalue weighted by atomic mass is 10.0. The number of carbonyl (C=O) groups excluding carboxylic acids is 1. The molecule has 1 heterocycles. The summed E-state index contributed by atoms with van der Waals surface area (Å²) >= 11 is 0. The lowest BCUT2D eigenvalue weighted by Gasteiger charge is -2.19. The number of benzene rings is 3. The molecule has 4 rings (SSSR count). The van der Waals surface area contributed by atoms with Crippen LogP contribution in [0.15, 0.2) is 95.7 Å². The minimum atomic E-state index is -0.431. The van der Waals surface area contributed by atoms with Gasteiger partial charge < -0.3 is 9.74 Å². The van der Waals surface area contributed by atoms with Crippen molar-refractivity contribution >= 4 is 29.1 Å². The second-order valence-corrected chi connectivity index (χ2v) is 6.23. The molecule has 0 saturated carbocycles. The first-order valence-corrected chi connectivity index (χ1v) is 8.68. The van der Waals surface area contributed by atoms with Crippen molar-refractivity contribution < 1.29 is 9.63 Å². The number of para-hydroxylation sites is 1. The zero-order valence-electron chi connectivity index (χ0n) is 14.9. The van der Waals surface area contributed by atoms with Crippen LogP contribution in [0, 0.1) is 0 Å². The van der Waals surface area contributed by atoms with Crippen LogP contribution in [-0.2, 0) is 9.63 Å². The first-order valence-electron chi connectivity index (χ1n) is 8.68. The molecule has 3 aromatic carbocycles. The van der Waals surface area contributed by atoms with Crippen LogP contribution in [0.25, 0.3) is 6.08 Å². The Balaban J connectivity index is 1.60. The van der Waals surface area contributed by atoms with Crippen molar-refractivity contribution in [1.29, 1.82) is 0 Å². The van der Waals surface area contributed by atoms with Gasteiger partial charge >= 0.3 is 5.97 Å². The van der Waals surface area contributed by atoms with E-state index in [-0.39, 0.29) is 0 Å². The third kappa shape index (κ3) is 3.51. The molecule has 0 unspecified atom stereocenters. The first-order chi connectivity index (χ1) is 13.2. The number of carbonyl (C=O) groups is 1. The van der Waals surface area contributed by atoms with Gasteiger partial charge in [-0.25, -0.2) is 4.79 Å². The number of hydrogen-bond donors (Lipinski definition) is 0. The maximum Gasteiger partial charge on any atom is 0.368 e. The van der Waals surface area contributed by atoms with Gasteiger partial charge in [-0.05, 0) is 35.9 Å². The molecule has 0 amide bonds. The van der Waals surface area contributed by atoms with E-state index < -0.39 is 5.97 Å². The number of anilines is 2. The van der Waals surface area contributed by atoms with Crippen molar-refractivity contribution in [2.45, 2.75) is 0 Å². The van der Waals surface area contributed by atoms with Gasteiger partial charge in [0.1, 0.15) is 5.71 Å². The van der Waals surface area contributed by atoms with Gasteiger partial charge in [-0.15, -0.1) is 0 Å². The summed E-state index contributed by atoms with van der Waals surface area (Å²) in [5.41, 5.74) is 4.97. The molecule has 1 aliphatic heterocycles. The molecule has 0 aromatic heterocycles. The Morgan fingerprint density at radius 3 is 2.07 bits per heavy atom. The van der Waals surface area contributed by atoms with Crippen LogP contribution in [0.5, 0.6) is 0 Å². The zero-order valence-corrected chi connectivity index (χ0v) is 14.9. The summed E-state index contributed by atoms with van der Waals surface area (Å²) < 4.78 is 0. The van der Waals surface area contributed by atoms with Gasteiger partial charge in [0.05, 0.1) is 5.57 Å². The standard InChI is InChI=1S/C23H18N2O2/c1-25(19-10-6-3-7-11-19)20-14-12-17(13-15-20)16-21-22(24-27-23(21)26)18-8-4-2-5-9-18/h2-16H,1H3. The summed E-state index contributed by atoms with van der Waals surface area (Å²) in [5.74, 6) is -0.431. The first kappa shape index (κ1) is 16.8. The Morgan fingerprint density at radius 1 is 0.815 bits per heavy atom. The van der Waals surface area contributed by atoms with E-state index in [4.69, 9.17) is 4.84 Å². The molecule has 0 bridgehead atoms. The molecule has 0 aliphatic carbocycles. The summed E-state index contributed by atoms with van der Waals surface area (Å²) in [7, 11) is 2.03. The Kier molecular flexibility index (Phi) is 4.54. The van der Waals surface area contributed by atoms with Gasteiger partial charge in [0.25, 0.3) is 0 Å². The molecule has 0 spiro atoms. The molecule has 1 aliphatic rings. The Bertz CT molecular complexity index is 1010. The van der Waals surface area contributed by atoms with Crippen LogP contribution in [-0.4, -0.2) is 18.7 Å². The Labute approximate surface area is 158 Å². The van der Waals surface area contributed by atoms with Gasteiger partial charge in [-0.1, -0.05) is 65.8 Å². The van der Waals surface area contributed by atoms with Gasteiger partial charge in [-0.3, -0.25) is 0 Å². The van der Waals surface area contributed by atoms with Crippen LogP contribution in [0.4, 0.5) is 11.4 Å². The van der Waals surface area contributed by atoms with E-state index in [1.54, 1.807) is 0 Å². The van der Waals surface area contributed by atoms with Crippen molar-refractivity contribution in [3.8, 4) is 0 Å². The molecule has 0 saturated heterocycles. The van der Waals surface area contributed by atoms with Crippen molar-refractivity contribution in [2.75, 3.05) is 11.9 Å². The van der Waals surface area contributed by atoms with Crippen LogP contribution in [0.3, 0.4) is 0 Å². The minimum absolute atomic E-state index is 0.431. The van der Waals surface area contributed by atoms with Crippen LogP contribution in [0.1, 0.15) is 11.1 Å². The monoisotopic (exact) mass is 354 g/mol. The van der Waals surface area contributed by atoms with Crippen LogP contribution in [0.2, 0.25) is 0 Å². The fraction of sp³-hybridized carbons (Fsp3) is 0.0435. The van der Waals surface area contributed by atoms with Crippen molar-refractivity contribution in [1.82, 2.24) is 0 Å². The molecule has 4 nitrogen and oxygen atoms in total. The molecule has 0 N–H and O–H groups in total. The molecule has 0 radical (unpaired) electrons. The second-order valence-electron chi connectivity index (χ2n) is 6.23. The maximum atomic E-state index is 12.1. The van der Waals surface area contributed by atoms with E-state index in [0.29, 0.717) is 11.3 Å². The summed E-state index contributed by atoms with van der Waals surface area (Å²) in [6.07, 6.45) is 1.81. The van der Waals surface area contributed by atoms with E-state index in [1.165, 1.54) is 0 Å². The number of nitrogens with zero attached hydrogens (tertiary/aromatic N) is 2. The smallest absolute Gasteiger partial charge is 0.345 e. The Morgan fingerprint density at radius 2 is 1.41 bits per heavy atom. The van der Waals surface area contributed by atoms with Gasteiger partial charge in [-0.2, -0.15) is 0 Å². The predicted octanol–water partition coefficient (Wildman–Crippen LogP) is 4.80. The summed E-state index contributed by atoms with van der Waals surface area (Å²) in [4.78, 5) is 19.1. The van der Waals surface area contributed by atoms with E-state index in [9.17, 15) is 4.79 Å².